The summed E-state index contributed by atoms with van der Waals surface area (Å²) in [5.41, 5.74) is 3.36. The van der Waals surface area contributed by atoms with Crippen LogP contribution in [0.5, 0.6) is 0 Å². The Morgan fingerprint density at radius 1 is 1.00 bits per heavy atom. The monoisotopic (exact) mass is 562 g/mol. The highest BCUT2D eigenvalue weighted by atomic mass is 35.5. The van der Waals surface area contributed by atoms with Gasteiger partial charge in [-0.1, -0.05) is 53.0 Å². The molecular formula is C27H25Cl3N2O3S. The summed E-state index contributed by atoms with van der Waals surface area (Å²) in [5.74, 6) is 0.684. The Morgan fingerprint density at radius 2 is 1.72 bits per heavy atom. The maximum Gasteiger partial charge on any atom is 0.175 e. The third-order valence-electron chi connectivity index (χ3n) is 5.92. The number of rotatable bonds is 6. The molecule has 4 aromatic rings. The lowest BCUT2D eigenvalue weighted by Gasteiger charge is -2.15. The fourth-order valence-corrected chi connectivity index (χ4v) is 5.21. The Kier molecular flexibility index (Phi) is 7.30. The Morgan fingerprint density at radius 3 is 2.36 bits per heavy atom. The summed E-state index contributed by atoms with van der Waals surface area (Å²) in [6.07, 6.45) is 3.38. The van der Waals surface area contributed by atoms with E-state index in [1.54, 1.807) is 32.0 Å². The number of aromatic nitrogens is 2. The normalized spacial score (nSPS) is 12.2. The fraction of sp³-hybridized carbons (Fsp3) is 0.222. The maximum absolute atomic E-state index is 12.1. The zero-order valence-corrected chi connectivity index (χ0v) is 23.3. The van der Waals surface area contributed by atoms with E-state index >= 15 is 0 Å². The standard InChI is InChI=1S/C27H25Cl3N2O3S/c1-16-12-17(20-14-19(36(4,34)35)9-10-21(20)28)8-11-23(16)32-15-24(27(2,3)33)31-25(32)13-18-6-5-7-22(29)26(18)30/h5-12,14-15,33H,13H2,1-4H3. The van der Waals surface area contributed by atoms with Crippen molar-refractivity contribution < 1.29 is 13.5 Å². The van der Waals surface area contributed by atoms with Gasteiger partial charge in [0.05, 0.1) is 20.6 Å². The zero-order valence-electron chi connectivity index (χ0n) is 20.2. The molecule has 1 heterocycles. The van der Waals surface area contributed by atoms with Gasteiger partial charge in [0, 0.05) is 35.1 Å². The van der Waals surface area contributed by atoms with Gasteiger partial charge in [-0.25, -0.2) is 13.4 Å². The third-order valence-corrected chi connectivity index (χ3v) is 8.22. The second kappa shape index (κ2) is 9.84. The number of nitrogens with zero attached hydrogens (tertiary/aromatic N) is 2. The minimum Gasteiger partial charge on any atom is -0.384 e. The van der Waals surface area contributed by atoms with Crippen molar-refractivity contribution in [2.24, 2.45) is 0 Å². The van der Waals surface area contributed by atoms with Crippen LogP contribution in [-0.2, 0) is 21.9 Å². The molecule has 0 radical (unpaired) electrons. The predicted octanol–water partition coefficient (Wildman–Crippen LogP) is 7.03. The molecule has 0 amide bonds. The van der Waals surface area contributed by atoms with Crippen molar-refractivity contribution in [2.45, 2.75) is 37.7 Å². The molecule has 36 heavy (non-hydrogen) atoms. The first kappa shape index (κ1) is 26.7. The highest BCUT2D eigenvalue weighted by Gasteiger charge is 2.24. The summed E-state index contributed by atoms with van der Waals surface area (Å²) in [6, 6.07) is 15.9. The van der Waals surface area contributed by atoms with Crippen LogP contribution in [0.4, 0.5) is 0 Å². The van der Waals surface area contributed by atoms with Gasteiger partial charge in [-0.2, -0.15) is 0 Å². The maximum atomic E-state index is 12.1. The molecule has 9 heteroatoms. The van der Waals surface area contributed by atoms with E-state index in [1.165, 1.54) is 12.3 Å². The third kappa shape index (κ3) is 5.48. The Bertz CT molecular complexity index is 1570. The van der Waals surface area contributed by atoms with Crippen molar-refractivity contribution in [3.05, 3.63) is 98.5 Å². The fourth-order valence-electron chi connectivity index (χ4n) is 3.95. The minimum absolute atomic E-state index is 0.203. The first-order valence-corrected chi connectivity index (χ1v) is 14.1. The van der Waals surface area contributed by atoms with Gasteiger partial charge in [0.2, 0.25) is 0 Å². The molecule has 1 aromatic heterocycles. The van der Waals surface area contributed by atoms with E-state index in [4.69, 9.17) is 39.8 Å². The van der Waals surface area contributed by atoms with Crippen LogP contribution in [0, 0.1) is 6.92 Å². The van der Waals surface area contributed by atoms with Gasteiger partial charge >= 0.3 is 0 Å². The van der Waals surface area contributed by atoms with Gasteiger partial charge in [-0.3, -0.25) is 0 Å². The van der Waals surface area contributed by atoms with E-state index < -0.39 is 15.4 Å². The van der Waals surface area contributed by atoms with E-state index in [1.807, 2.05) is 48.0 Å². The molecule has 5 nitrogen and oxygen atoms in total. The molecule has 188 valence electrons. The quantitative estimate of drug-likeness (QED) is 0.273. The molecule has 3 aromatic carbocycles. The van der Waals surface area contributed by atoms with Crippen molar-refractivity contribution in [3.63, 3.8) is 0 Å². The number of halogens is 3. The number of sulfone groups is 1. The van der Waals surface area contributed by atoms with Crippen LogP contribution >= 0.6 is 34.8 Å². The van der Waals surface area contributed by atoms with Gasteiger partial charge < -0.3 is 9.67 Å². The molecule has 0 saturated heterocycles. The second-order valence-corrected chi connectivity index (χ2v) is 12.5. The molecule has 0 saturated carbocycles. The molecule has 0 aliphatic heterocycles. The van der Waals surface area contributed by atoms with Crippen molar-refractivity contribution >= 4 is 44.6 Å². The van der Waals surface area contributed by atoms with E-state index in [-0.39, 0.29) is 4.90 Å². The molecule has 0 spiro atoms. The molecule has 0 atom stereocenters. The molecule has 0 bridgehead atoms. The van der Waals surface area contributed by atoms with E-state index in [0.29, 0.717) is 38.6 Å². The molecule has 4 rings (SSSR count). The van der Waals surface area contributed by atoms with Crippen molar-refractivity contribution in [1.82, 2.24) is 9.55 Å². The Labute approximate surface area is 226 Å². The summed E-state index contributed by atoms with van der Waals surface area (Å²) in [7, 11) is -3.38. The highest BCUT2D eigenvalue weighted by Crippen LogP contribution is 2.34. The number of imidazole rings is 1. The average Bonchev–Trinajstić information content (AvgIpc) is 3.20. The van der Waals surface area contributed by atoms with Gasteiger partial charge in [-0.05, 0) is 73.9 Å². The van der Waals surface area contributed by atoms with Crippen molar-refractivity contribution in [2.75, 3.05) is 6.26 Å². The minimum atomic E-state index is -3.38. The Balaban J connectivity index is 1.82. The van der Waals surface area contributed by atoms with Crippen LogP contribution in [0.1, 0.15) is 36.5 Å². The number of hydrogen-bond acceptors (Lipinski definition) is 4. The summed E-state index contributed by atoms with van der Waals surface area (Å²) < 4.78 is 26.0. The van der Waals surface area contributed by atoms with Crippen LogP contribution in [0.2, 0.25) is 15.1 Å². The smallest absolute Gasteiger partial charge is 0.175 e. The zero-order chi connectivity index (χ0) is 26.4. The first-order valence-electron chi connectivity index (χ1n) is 11.1. The molecule has 0 aliphatic carbocycles. The number of hydrogen-bond donors (Lipinski definition) is 1. The summed E-state index contributed by atoms with van der Waals surface area (Å²) in [6.45, 7) is 5.32. The summed E-state index contributed by atoms with van der Waals surface area (Å²) in [4.78, 5) is 4.92. The van der Waals surface area contributed by atoms with Gasteiger partial charge in [0.25, 0.3) is 0 Å². The predicted molar refractivity (Wildman–Crippen MR) is 146 cm³/mol. The molecule has 1 N–H and O–H groups in total. The van der Waals surface area contributed by atoms with Crippen molar-refractivity contribution in [1.29, 1.82) is 0 Å². The SMILES string of the molecule is Cc1cc(-c2cc(S(C)(=O)=O)ccc2Cl)ccc1-n1cc(C(C)(C)O)nc1Cc1cccc(Cl)c1Cl. The van der Waals surface area contributed by atoms with Gasteiger partial charge in [-0.15, -0.1) is 0 Å². The number of benzene rings is 3. The molecular weight excluding hydrogens is 539 g/mol. The average molecular weight is 564 g/mol. The van der Waals surface area contributed by atoms with Crippen molar-refractivity contribution in [3.8, 4) is 16.8 Å². The van der Waals surface area contributed by atoms with Gasteiger partial charge in [0.15, 0.2) is 9.84 Å². The topological polar surface area (TPSA) is 72.2 Å². The second-order valence-electron chi connectivity index (χ2n) is 9.28. The van der Waals surface area contributed by atoms with Crippen LogP contribution < -0.4 is 0 Å². The Hall–Kier alpha value is -2.35. The number of aryl methyl sites for hydroxylation is 1. The van der Waals surface area contributed by atoms with Crippen LogP contribution in [0.3, 0.4) is 0 Å². The molecule has 0 unspecified atom stereocenters. The number of aliphatic hydroxyl groups is 1. The summed E-state index contributed by atoms with van der Waals surface area (Å²) >= 11 is 19.1. The summed E-state index contributed by atoms with van der Waals surface area (Å²) in [5, 5.41) is 12.0. The van der Waals surface area contributed by atoms with E-state index in [9.17, 15) is 13.5 Å². The van der Waals surface area contributed by atoms with Crippen LogP contribution in [-0.4, -0.2) is 29.3 Å². The first-order chi connectivity index (χ1) is 16.8. The lowest BCUT2D eigenvalue weighted by Crippen LogP contribution is -2.16. The molecule has 0 aliphatic rings. The molecule has 0 fully saturated rings. The van der Waals surface area contributed by atoms with Gasteiger partial charge in [0.1, 0.15) is 11.4 Å². The lowest BCUT2D eigenvalue weighted by atomic mass is 10.0. The van der Waals surface area contributed by atoms with E-state index in [0.717, 1.165) is 22.4 Å². The van der Waals surface area contributed by atoms with Crippen LogP contribution in [0.25, 0.3) is 16.8 Å². The van der Waals surface area contributed by atoms with Crippen LogP contribution in [0.15, 0.2) is 65.7 Å². The highest BCUT2D eigenvalue weighted by molar-refractivity contribution is 7.90. The largest absolute Gasteiger partial charge is 0.384 e. The van der Waals surface area contributed by atoms with E-state index in [2.05, 4.69) is 0 Å². The lowest BCUT2D eigenvalue weighted by molar-refractivity contribution is 0.0741.